The smallest absolute Gasteiger partial charge is 0.339 e. The quantitative estimate of drug-likeness (QED) is 0.629. The topological polar surface area (TPSA) is 90.7 Å². The van der Waals surface area contributed by atoms with E-state index in [-0.39, 0.29) is 18.6 Å². The van der Waals surface area contributed by atoms with Crippen molar-refractivity contribution in [2.24, 2.45) is 0 Å². The van der Waals surface area contributed by atoms with E-state index in [0.29, 0.717) is 28.9 Å². The van der Waals surface area contributed by atoms with Crippen LogP contribution in [0, 0.1) is 0 Å². The van der Waals surface area contributed by atoms with Crippen LogP contribution in [-0.2, 0) is 14.3 Å². The van der Waals surface area contributed by atoms with Crippen LogP contribution >= 0.6 is 15.9 Å². The first-order chi connectivity index (χ1) is 10.1. The fraction of sp³-hybridized carbons (Fsp3) is 0.429. The van der Waals surface area contributed by atoms with Crippen LogP contribution in [0.1, 0.15) is 23.2 Å². The molecule has 2 rings (SSSR count). The van der Waals surface area contributed by atoms with Gasteiger partial charge in [0.05, 0.1) is 5.56 Å². The summed E-state index contributed by atoms with van der Waals surface area (Å²) in [4.78, 5) is 23.6. The van der Waals surface area contributed by atoms with E-state index in [1.165, 1.54) is 6.07 Å². The minimum Gasteiger partial charge on any atom is -0.452 e. The Bertz CT molecular complexity index is 530. The number of anilines is 1. The zero-order valence-corrected chi connectivity index (χ0v) is 13.0. The van der Waals surface area contributed by atoms with Gasteiger partial charge in [0.2, 0.25) is 0 Å². The summed E-state index contributed by atoms with van der Waals surface area (Å²) in [6, 6.07) is 4.92. The number of nitrogens with two attached hydrogens (primary N) is 1. The van der Waals surface area contributed by atoms with Gasteiger partial charge in [-0.3, -0.25) is 4.79 Å². The summed E-state index contributed by atoms with van der Waals surface area (Å²) in [6.07, 6.45) is 1.56. The molecule has 0 saturated carbocycles. The molecule has 1 aromatic carbocycles. The van der Waals surface area contributed by atoms with E-state index in [4.69, 9.17) is 15.2 Å². The van der Waals surface area contributed by atoms with Gasteiger partial charge >= 0.3 is 5.97 Å². The summed E-state index contributed by atoms with van der Waals surface area (Å²) in [7, 11) is 0. The summed E-state index contributed by atoms with van der Waals surface area (Å²) >= 11 is 3.25. The van der Waals surface area contributed by atoms with E-state index >= 15 is 0 Å². The number of nitrogens with one attached hydrogen (secondary N) is 1. The molecule has 1 fully saturated rings. The van der Waals surface area contributed by atoms with Crippen molar-refractivity contribution in [1.29, 1.82) is 0 Å². The van der Waals surface area contributed by atoms with Crippen molar-refractivity contribution in [1.82, 2.24) is 5.32 Å². The zero-order chi connectivity index (χ0) is 15.2. The molecular formula is C14H17BrN2O4. The molecule has 0 aromatic heterocycles. The average Bonchev–Trinajstić information content (AvgIpc) is 2.48. The number of amides is 1. The molecule has 1 heterocycles. The third kappa shape index (κ3) is 4.71. The van der Waals surface area contributed by atoms with Crippen LogP contribution in [0.25, 0.3) is 0 Å². The number of nitrogen functional groups attached to an aromatic ring is 1. The van der Waals surface area contributed by atoms with Gasteiger partial charge in [0, 0.05) is 29.4 Å². The Morgan fingerprint density at radius 1 is 1.38 bits per heavy atom. The maximum Gasteiger partial charge on any atom is 0.339 e. The Labute approximate surface area is 131 Å². The maximum atomic E-state index is 11.9. The van der Waals surface area contributed by atoms with Crippen LogP contribution in [0.4, 0.5) is 5.69 Å². The van der Waals surface area contributed by atoms with Crippen molar-refractivity contribution in [3.63, 3.8) is 0 Å². The van der Waals surface area contributed by atoms with Gasteiger partial charge in [-0.05, 0) is 47.0 Å². The number of hydrogen-bond donors (Lipinski definition) is 2. The van der Waals surface area contributed by atoms with Gasteiger partial charge in [-0.25, -0.2) is 4.79 Å². The first-order valence-corrected chi connectivity index (χ1v) is 7.45. The highest BCUT2D eigenvalue weighted by Gasteiger charge is 2.18. The first kappa shape index (κ1) is 15.8. The molecule has 1 amide bonds. The van der Waals surface area contributed by atoms with Crippen molar-refractivity contribution in [2.45, 2.75) is 18.9 Å². The first-order valence-electron chi connectivity index (χ1n) is 6.65. The second kappa shape index (κ2) is 7.42. The molecule has 3 N–H and O–H groups in total. The van der Waals surface area contributed by atoms with E-state index < -0.39 is 5.97 Å². The summed E-state index contributed by atoms with van der Waals surface area (Å²) in [6.45, 7) is 0.972. The molecule has 7 heteroatoms. The lowest BCUT2D eigenvalue weighted by Gasteiger charge is -2.22. The van der Waals surface area contributed by atoms with Crippen LogP contribution in [0.15, 0.2) is 22.7 Å². The number of carbonyl (C=O) groups is 2. The van der Waals surface area contributed by atoms with Gasteiger partial charge in [-0.15, -0.1) is 0 Å². The number of rotatable bonds is 4. The second-order valence-corrected chi connectivity index (χ2v) is 5.62. The fourth-order valence-electron chi connectivity index (χ4n) is 2.02. The lowest BCUT2D eigenvalue weighted by atomic mass is 10.1. The maximum absolute atomic E-state index is 11.9. The highest BCUT2D eigenvalue weighted by atomic mass is 79.9. The molecule has 6 nitrogen and oxygen atoms in total. The third-order valence-corrected chi connectivity index (χ3v) is 3.82. The lowest BCUT2D eigenvalue weighted by Crippen LogP contribution is -2.41. The highest BCUT2D eigenvalue weighted by Crippen LogP contribution is 2.20. The van der Waals surface area contributed by atoms with Gasteiger partial charge in [0.1, 0.15) is 0 Å². The third-order valence-electron chi connectivity index (χ3n) is 3.13. The molecular weight excluding hydrogens is 340 g/mol. The molecule has 0 aliphatic carbocycles. The van der Waals surface area contributed by atoms with Crippen molar-refractivity contribution in [3.05, 3.63) is 28.2 Å². The fourth-order valence-corrected chi connectivity index (χ4v) is 2.43. The van der Waals surface area contributed by atoms with Gasteiger partial charge in [-0.2, -0.15) is 0 Å². The van der Waals surface area contributed by atoms with Crippen LogP contribution in [0.3, 0.4) is 0 Å². The summed E-state index contributed by atoms with van der Waals surface area (Å²) in [5.41, 5.74) is 6.38. The monoisotopic (exact) mass is 356 g/mol. The van der Waals surface area contributed by atoms with Gasteiger partial charge in [0.15, 0.2) is 6.61 Å². The van der Waals surface area contributed by atoms with Crippen LogP contribution < -0.4 is 11.1 Å². The Hall–Kier alpha value is -1.60. The number of benzene rings is 1. The molecule has 0 atom stereocenters. The molecule has 0 bridgehead atoms. The summed E-state index contributed by atoms with van der Waals surface area (Å²) in [5, 5.41) is 2.82. The minimum absolute atomic E-state index is 0.0871. The molecule has 1 aliphatic rings. The molecule has 0 radical (unpaired) electrons. The molecule has 21 heavy (non-hydrogen) atoms. The van der Waals surface area contributed by atoms with Crippen molar-refractivity contribution >= 4 is 33.5 Å². The van der Waals surface area contributed by atoms with Crippen LogP contribution in [0.5, 0.6) is 0 Å². The van der Waals surface area contributed by atoms with Crippen molar-refractivity contribution in [3.8, 4) is 0 Å². The number of ether oxygens (including phenoxy) is 2. The molecule has 1 saturated heterocycles. The van der Waals surface area contributed by atoms with E-state index in [1.54, 1.807) is 12.1 Å². The second-order valence-electron chi connectivity index (χ2n) is 4.77. The SMILES string of the molecule is Nc1ccc(Br)c(C(=O)OCC(=O)NC2CCOCC2)c1. The lowest BCUT2D eigenvalue weighted by molar-refractivity contribution is -0.125. The average molecular weight is 357 g/mol. The minimum atomic E-state index is -0.587. The number of carbonyl (C=O) groups excluding carboxylic acids is 2. The molecule has 1 aromatic rings. The van der Waals surface area contributed by atoms with Crippen molar-refractivity contribution in [2.75, 3.05) is 25.6 Å². The zero-order valence-electron chi connectivity index (χ0n) is 11.4. The largest absolute Gasteiger partial charge is 0.452 e. The van der Waals surface area contributed by atoms with E-state index in [2.05, 4.69) is 21.2 Å². The number of halogens is 1. The summed E-state index contributed by atoms with van der Waals surface area (Å²) in [5.74, 6) is -0.897. The predicted octanol–water partition coefficient (Wildman–Crippen LogP) is 1.48. The predicted molar refractivity (Wildman–Crippen MR) is 80.8 cm³/mol. The summed E-state index contributed by atoms with van der Waals surface area (Å²) < 4.78 is 10.8. The Balaban J connectivity index is 1.82. The van der Waals surface area contributed by atoms with Crippen molar-refractivity contribution < 1.29 is 19.1 Å². The van der Waals surface area contributed by atoms with Crippen LogP contribution in [0.2, 0.25) is 0 Å². The molecule has 0 spiro atoms. The molecule has 114 valence electrons. The highest BCUT2D eigenvalue weighted by molar-refractivity contribution is 9.10. The Kier molecular flexibility index (Phi) is 5.58. The molecule has 1 aliphatic heterocycles. The van der Waals surface area contributed by atoms with E-state index in [1.807, 2.05) is 0 Å². The Morgan fingerprint density at radius 3 is 2.81 bits per heavy atom. The number of esters is 1. The van der Waals surface area contributed by atoms with Gasteiger partial charge in [0.25, 0.3) is 5.91 Å². The van der Waals surface area contributed by atoms with Gasteiger partial charge in [-0.1, -0.05) is 0 Å². The van der Waals surface area contributed by atoms with E-state index in [0.717, 1.165) is 12.8 Å². The normalized spacial score (nSPS) is 15.5. The van der Waals surface area contributed by atoms with E-state index in [9.17, 15) is 9.59 Å². The number of hydrogen-bond acceptors (Lipinski definition) is 5. The standard InChI is InChI=1S/C14H17BrN2O4/c15-12-2-1-9(16)7-11(12)14(19)21-8-13(18)17-10-3-5-20-6-4-10/h1-2,7,10H,3-6,8,16H2,(H,17,18). The van der Waals surface area contributed by atoms with Crippen LogP contribution in [-0.4, -0.2) is 37.7 Å². The Morgan fingerprint density at radius 2 is 2.10 bits per heavy atom. The van der Waals surface area contributed by atoms with Gasteiger partial charge < -0.3 is 20.5 Å². The molecule has 0 unspecified atom stereocenters.